The summed E-state index contributed by atoms with van der Waals surface area (Å²) in [7, 11) is 2.03. The molecule has 2 unspecified atom stereocenters. The second-order valence-corrected chi connectivity index (χ2v) is 20.6. The molecule has 8 rings (SSSR count). The van der Waals surface area contributed by atoms with Gasteiger partial charge < -0.3 is 44.9 Å². The second kappa shape index (κ2) is 17.8. The molecule has 5 fully saturated rings. The number of aliphatic carboxylic acids is 1. The quantitative estimate of drug-likeness (QED) is 0.135. The first-order chi connectivity index (χ1) is 29.9. The zero-order chi connectivity index (χ0) is 45.0. The maximum atomic E-state index is 14.8. The first-order valence-electron chi connectivity index (χ1n) is 22.2. The largest absolute Gasteiger partial charge is 0.490 e. The Balaban J connectivity index is 1.10. The second-order valence-electron chi connectivity index (χ2n) is 19.4. The molecule has 2 aromatic heterocycles. The smallest absolute Gasteiger partial charge is 0.408 e. The number of carboxylic acids is 1. The fraction of sp³-hybridized carbons (Fsp3) is 0.644. The van der Waals surface area contributed by atoms with E-state index < -0.39 is 53.0 Å². The van der Waals surface area contributed by atoms with Crippen molar-refractivity contribution in [3.8, 4) is 22.9 Å². The van der Waals surface area contributed by atoms with E-state index in [9.17, 15) is 24.3 Å². The molecule has 1 aromatic carbocycles. The van der Waals surface area contributed by atoms with Crippen LogP contribution in [0.25, 0.3) is 22.3 Å². The third kappa shape index (κ3) is 9.67. The van der Waals surface area contributed by atoms with Gasteiger partial charge in [-0.25, -0.2) is 19.6 Å². The number of amides is 3. The number of halogens is 1. The molecule has 9 atom stereocenters. The van der Waals surface area contributed by atoms with Crippen molar-refractivity contribution in [2.45, 2.75) is 122 Å². The minimum Gasteiger partial charge on any atom is -0.490 e. The van der Waals surface area contributed by atoms with Crippen LogP contribution in [0.3, 0.4) is 0 Å². The number of ether oxygens (including phenoxy) is 4. The predicted octanol–water partition coefficient (Wildman–Crippen LogP) is 6.20. The molecule has 18 heteroatoms. The van der Waals surface area contributed by atoms with E-state index in [0.29, 0.717) is 78.3 Å². The molecule has 0 spiro atoms. The summed E-state index contributed by atoms with van der Waals surface area (Å²) < 4.78 is 24.6. The van der Waals surface area contributed by atoms with Crippen molar-refractivity contribution in [1.82, 2.24) is 30.4 Å². The first-order valence-corrected chi connectivity index (χ1v) is 23.5. The Morgan fingerprint density at radius 1 is 1.06 bits per heavy atom. The van der Waals surface area contributed by atoms with Gasteiger partial charge in [0.1, 0.15) is 58.7 Å². The van der Waals surface area contributed by atoms with E-state index in [1.807, 2.05) is 60.0 Å². The summed E-state index contributed by atoms with van der Waals surface area (Å²) in [5.41, 5.74) is -0.714. The Morgan fingerprint density at radius 2 is 1.83 bits per heavy atom. The highest BCUT2D eigenvalue weighted by Gasteiger charge is 2.61. The number of morpholine rings is 1. The van der Waals surface area contributed by atoms with Crippen molar-refractivity contribution < 1.29 is 43.2 Å². The molecular weight excluding hydrogens is 850 g/mol. The number of likely N-dealkylation sites (N-methyl/N-ethyl adjacent to an activating group) is 1. The van der Waals surface area contributed by atoms with Gasteiger partial charge >= 0.3 is 12.1 Å². The molecule has 3 saturated carbocycles. The maximum absolute atomic E-state index is 14.8. The summed E-state index contributed by atoms with van der Waals surface area (Å²) >= 11 is 8.57. The number of carbonyl (C=O) groups excluding carboxylic acids is 3. The molecular formula is C45H60ClN7O9S. The molecule has 4 N–H and O–H groups in total. The van der Waals surface area contributed by atoms with Gasteiger partial charge in [-0.3, -0.25) is 14.5 Å². The number of hydrogen-bond acceptors (Lipinski definition) is 13. The van der Waals surface area contributed by atoms with Crippen LogP contribution >= 0.6 is 22.9 Å². The average molecular weight is 911 g/mol. The molecule has 3 aliphatic carbocycles. The monoisotopic (exact) mass is 909 g/mol. The van der Waals surface area contributed by atoms with Gasteiger partial charge in [0.05, 0.1) is 37.0 Å². The number of alkyl carbamates (subject to hydrolysis) is 1. The molecule has 63 heavy (non-hydrogen) atoms. The average Bonchev–Trinajstić information content (AvgIpc) is 3.90. The number of aromatic nitrogens is 2. The number of carbonyl (C=O) groups is 4. The number of nitrogens with zero attached hydrogens (tertiary/aromatic N) is 4. The Kier molecular flexibility index (Phi) is 12.8. The highest BCUT2D eigenvalue weighted by molar-refractivity contribution is 7.14. The van der Waals surface area contributed by atoms with E-state index in [-0.39, 0.29) is 42.1 Å². The standard InChI is InChI=1S/C45H60ClN7O9S/c1-8-26-18-45(26,41(56)57)51-39(54)33-16-29(19-53(33)40(55)38(44(4,5)6)50-43(58)62-28-14-24-13-25(24)15-28)61-35-17-31(32-22-63-42(49-32)47-23(2)3)48-37-30(35)9-10-34(36(37)46)60-21-27-20-59-12-11-52(27)7/h9-10,17,22-29,33,38H,8,11-16,18-21H2,1-7H3,(H,47,49)(H,50,58)(H,51,54)(H,56,57)/t24-,25+,26-,27+,28?,29?,33+,38-,45-/m1/s1. The molecule has 4 heterocycles. The Labute approximate surface area is 377 Å². The Bertz CT molecular complexity index is 2230. The highest BCUT2D eigenvalue weighted by Crippen LogP contribution is 2.52. The lowest BCUT2D eigenvalue weighted by atomic mass is 9.85. The van der Waals surface area contributed by atoms with Crippen molar-refractivity contribution >= 4 is 62.8 Å². The van der Waals surface area contributed by atoms with Gasteiger partial charge in [-0.15, -0.1) is 11.3 Å². The lowest BCUT2D eigenvalue weighted by Gasteiger charge is -2.35. The minimum absolute atomic E-state index is 0.0340. The summed E-state index contributed by atoms with van der Waals surface area (Å²) in [6.45, 7) is 13.8. The van der Waals surface area contributed by atoms with Crippen LogP contribution in [0.2, 0.25) is 5.02 Å². The predicted molar refractivity (Wildman–Crippen MR) is 238 cm³/mol. The van der Waals surface area contributed by atoms with Crippen molar-refractivity contribution in [2.75, 3.05) is 45.3 Å². The third-order valence-corrected chi connectivity index (χ3v) is 14.4. The van der Waals surface area contributed by atoms with Gasteiger partial charge in [-0.1, -0.05) is 45.7 Å². The summed E-state index contributed by atoms with van der Waals surface area (Å²) in [4.78, 5) is 68.4. The Morgan fingerprint density at radius 3 is 2.49 bits per heavy atom. The summed E-state index contributed by atoms with van der Waals surface area (Å²) in [6, 6.07) is 3.39. The number of carboxylic acid groups (broad SMARTS) is 1. The molecule has 0 radical (unpaired) electrons. The van der Waals surface area contributed by atoms with Crippen LogP contribution in [-0.2, 0) is 23.9 Å². The van der Waals surface area contributed by atoms with E-state index in [4.69, 9.17) is 40.5 Å². The lowest BCUT2D eigenvalue weighted by Crippen LogP contribution is -2.59. The van der Waals surface area contributed by atoms with Crippen LogP contribution in [-0.4, -0.2) is 131 Å². The zero-order valence-electron chi connectivity index (χ0n) is 37.1. The number of likely N-dealkylation sites (tertiary alicyclic amines) is 1. The van der Waals surface area contributed by atoms with Crippen LogP contribution in [0.15, 0.2) is 23.6 Å². The molecule has 3 aromatic rings. The maximum Gasteiger partial charge on any atom is 0.408 e. The van der Waals surface area contributed by atoms with Gasteiger partial charge in [0.15, 0.2) is 5.13 Å². The van der Waals surface area contributed by atoms with Crippen LogP contribution in [0.5, 0.6) is 11.5 Å². The third-order valence-electron chi connectivity index (χ3n) is 13.3. The molecule has 3 amide bonds. The number of anilines is 1. The molecule has 2 aliphatic heterocycles. The van der Waals surface area contributed by atoms with Crippen LogP contribution in [0.4, 0.5) is 9.93 Å². The number of hydrogen-bond donors (Lipinski definition) is 4. The van der Waals surface area contributed by atoms with Gasteiger partial charge in [0, 0.05) is 35.8 Å². The summed E-state index contributed by atoms with van der Waals surface area (Å²) in [5.74, 6) is -0.419. The highest BCUT2D eigenvalue weighted by atomic mass is 35.5. The van der Waals surface area contributed by atoms with E-state index >= 15 is 0 Å². The van der Waals surface area contributed by atoms with Crippen molar-refractivity contribution in [1.29, 1.82) is 0 Å². The van der Waals surface area contributed by atoms with E-state index in [2.05, 4.69) is 20.9 Å². The van der Waals surface area contributed by atoms with E-state index in [1.165, 1.54) is 22.7 Å². The number of rotatable bonds is 15. The molecule has 2 saturated heterocycles. The molecule has 0 bridgehead atoms. The molecule has 5 aliphatic rings. The van der Waals surface area contributed by atoms with E-state index in [1.54, 1.807) is 12.1 Å². The van der Waals surface area contributed by atoms with Gasteiger partial charge in [-0.05, 0) is 81.9 Å². The van der Waals surface area contributed by atoms with Crippen molar-refractivity contribution in [2.24, 2.45) is 23.2 Å². The fourth-order valence-electron chi connectivity index (χ4n) is 9.37. The number of nitrogens with one attached hydrogen (secondary N) is 3. The van der Waals surface area contributed by atoms with Gasteiger partial charge in [0.2, 0.25) is 11.8 Å². The number of thiazole rings is 1. The molecule has 16 nitrogen and oxygen atoms in total. The summed E-state index contributed by atoms with van der Waals surface area (Å²) in [6.07, 6.45) is 2.09. The Hall–Kier alpha value is -4.45. The topological polar surface area (TPSA) is 194 Å². The van der Waals surface area contributed by atoms with Gasteiger partial charge in [0.25, 0.3) is 0 Å². The lowest BCUT2D eigenvalue weighted by molar-refractivity contribution is -0.146. The van der Waals surface area contributed by atoms with Crippen LogP contribution in [0.1, 0.15) is 80.1 Å². The zero-order valence-corrected chi connectivity index (χ0v) is 38.6. The first kappa shape index (κ1) is 45.1. The molecule has 342 valence electrons. The van der Waals surface area contributed by atoms with Crippen LogP contribution in [0, 0.1) is 23.2 Å². The number of fused-ring (bicyclic) bond motifs is 2. The SMILES string of the molecule is CC[C@@H]1C[C@]1(NC(=O)[C@@H]1CC(Oc2cc(-c3csc(NC(C)C)n3)nc3c(Cl)c(OC[C@@H]4COCCN4C)ccc23)CN1C(=O)[C@@H](NC(=O)OC1C[C@@H]2C[C@@H]2C1)C(C)(C)C)C(=O)O. The van der Waals surface area contributed by atoms with Crippen LogP contribution < -0.4 is 25.4 Å². The minimum atomic E-state index is -1.42. The van der Waals surface area contributed by atoms with Crippen molar-refractivity contribution in [3.05, 3.63) is 28.6 Å². The normalized spacial score (nSPS) is 28.3. The van der Waals surface area contributed by atoms with Crippen molar-refractivity contribution in [3.63, 3.8) is 0 Å². The fourth-order valence-corrected chi connectivity index (χ4v) is 10.5. The van der Waals surface area contributed by atoms with Gasteiger partial charge in [-0.2, -0.15) is 0 Å². The number of pyridine rings is 1. The number of benzene rings is 1. The summed E-state index contributed by atoms with van der Waals surface area (Å²) in [5, 5.41) is 22.7. The van der Waals surface area contributed by atoms with E-state index in [0.717, 1.165) is 24.5 Å².